The van der Waals surface area contributed by atoms with Crippen molar-refractivity contribution in [3.05, 3.63) is 35.4 Å². The molecule has 1 aliphatic carbocycles. The number of alkyl halides is 1. The van der Waals surface area contributed by atoms with Gasteiger partial charge < -0.3 is 0 Å². The highest BCUT2D eigenvalue weighted by Crippen LogP contribution is 2.40. The van der Waals surface area contributed by atoms with Gasteiger partial charge in [-0.25, -0.2) is 0 Å². The Morgan fingerprint density at radius 1 is 1.24 bits per heavy atom. The van der Waals surface area contributed by atoms with Gasteiger partial charge in [0, 0.05) is 0 Å². The van der Waals surface area contributed by atoms with E-state index in [1.807, 2.05) is 0 Å². The van der Waals surface area contributed by atoms with Crippen LogP contribution in [0.25, 0.3) is 0 Å². The fourth-order valence-corrected chi connectivity index (χ4v) is 3.40. The number of fused-ring (bicyclic) bond motifs is 1. The minimum Gasteiger partial charge on any atom is -0.118 e. The van der Waals surface area contributed by atoms with Crippen LogP contribution in [0.1, 0.15) is 62.0 Å². The molecule has 0 spiro atoms. The lowest BCUT2D eigenvalue weighted by molar-refractivity contribution is 0.415. The predicted octanol–water partition coefficient (Wildman–Crippen LogP) is 5.50. The molecule has 1 heteroatoms. The van der Waals surface area contributed by atoms with Crippen LogP contribution in [0.3, 0.4) is 0 Å². The third-order valence-corrected chi connectivity index (χ3v) is 4.56. The number of hydrogen-bond acceptors (Lipinski definition) is 0. The molecule has 0 bridgehead atoms. The molecule has 0 saturated heterocycles. The lowest BCUT2D eigenvalue weighted by atomic mass is 9.91. The Labute approximate surface area is 110 Å². The van der Waals surface area contributed by atoms with Gasteiger partial charge in [0.25, 0.3) is 0 Å². The largest absolute Gasteiger partial charge is 0.118 e. The van der Waals surface area contributed by atoms with Crippen LogP contribution < -0.4 is 0 Å². The van der Waals surface area contributed by atoms with Crippen molar-refractivity contribution < 1.29 is 0 Å². The summed E-state index contributed by atoms with van der Waals surface area (Å²) in [5.74, 6) is 0.687. The molecule has 2 atom stereocenters. The maximum atomic E-state index is 6.70. The second-order valence-corrected chi connectivity index (χ2v) is 5.72. The van der Waals surface area contributed by atoms with Crippen molar-refractivity contribution in [3.63, 3.8) is 0 Å². The first-order valence-electron chi connectivity index (χ1n) is 7.04. The highest BCUT2D eigenvalue weighted by molar-refractivity contribution is 6.21. The van der Waals surface area contributed by atoms with Crippen molar-refractivity contribution in [2.45, 2.75) is 57.2 Å². The minimum atomic E-state index is 0.241. The van der Waals surface area contributed by atoms with E-state index in [1.165, 1.54) is 56.1 Å². The molecule has 0 aliphatic heterocycles. The van der Waals surface area contributed by atoms with Crippen molar-refractivity contribution in [3.8, 4) is 0 Å². The molecular weight excluding hydrogens is 228 g/mol. The maximum absolute atomic E-state index is 6.70. The molecule has 0 radical (unpaired) electrons. The van der Waals surface area contributed by atoms with Crippen LogP contribution in [-0.4, -0.2) is 0 Å². The topological polar surface area (TPSA) is 0 Å². The molecule has 0 aromatic heterocycles. The van der Waals surface area contributed by atoms with Crippen LogP contribution in [0.4, 0.5) is 0 Å². The lowest BCUT2D eigenvalue weighted by Crippen LogP contribution is -2.07. The number of benzene rings is 1. The summed E-state index contributed by atoms with van der Waals surface area (Å²) in [6, 6.07) is 8.74. The van der Waals surface area contributed by atoms with E-state index in [-0.39, 0.29) is 5.38 Å². The fourth-order valence-electron chi connectivity index (χ4n) is 2.93. The molecular formula is C16H23Cl. The predicted molar refractivity (Wildman–Crippen MR) is 75.6 cm³/mol. The first kappa shape index (κ1) is 13.0. The van der Waals surface area contributed by atoms with Crippen molar-refractivity contribution in [1.29, 1.82) is 0 Å². The molecule has 94 valence electrons. The van der Waals surface area contributed by atoms with Crippen LogP contribution in [0.5, 0.6) is 0 Å². The van der Waals surface area contributed by atoms with Gasteiger partial charge in [-0.3, -0.25) is 0 Å². The van der Waals surface area contributed by atoms with Gasteiger partial charge in [0.15, 0.2) is 0 Å². The normalized spacial score (nSPS) is 24.1. The van der Waals surface area contributed by atoms with Gasteiger partial charge in [-0.15, -0.1) is 11.6 Å². The van der Waals surface area contributed by atoms with E-state index in [2.05, 4.69) is 31.2 Å². The van der Waals surface area contributed by atoms with Crippen molar-refractivity contribution >= 4 is 11.6 Å². The summed E-state index contributed by atoms with van der Waals surface area (Å²) >= 11 is 6.70. The van der Waals surface area contributed by atoms with Gasteiger partial charge in [-0.2, -0.15) is 0 Å². The molecule has 1 aliphatic rings. The van der Waals surface area contributed by atoms with E-state index in [0.29, 0.717) is 5.92 Å². The Morgan fingerprint density at radius 2 is 2.06 bits per heavy atom. The van der Waals surface area contributed by atoms with E-state index in [0.717, 1.165) is 0 Å². The third-order valence-electron chi connectivity index (χ3n) is 3.97. The molecule has 2 rings (SSSR count). The molecule has 0 heterocycles. The van der Waals surface area contributed by atoms with Crippen molar-refractivity contribution in [1.82, 2.24) is 0 Å². The van der Waals surface area contributed by atoms with Gasteiger partial charge in [0.05, 0.1) is 5.38 Å². The summed E-state index contributed by atoms with van der Waals surface area (Å²) in [5.41, 5.74) is 2.87. The number of unbranched alkanes of at least 4 members (excludes halogenated alkanes) is 2. The summed E-state index contributed by atoms with van der Waals surface area (Å²) in [6.07, 6.45) is 9.11. The van der Waals surface area contributed by atoms with Gasteiger partial charge in [-0.1, -0.05) is 50.5 Å². The molecule has 0 saturated carbocycles. The van der Waals surface area contributed by atoms with E-state index >= 15 is 0 Å². The van der Waals surface area contributed by atoms with Crippen molar-refractivity contribution in [2.24, 2.45) is 5.92 Å². The maximum Gasteiger partial charge on any atom is 0.0616 e. The molecule has 1 aromatic rings. The highest BCUT2D eigenvalue weighted by atomic mass is 35.5. The average Bonchev–Trinajstić information content (AvgIpc) is 2.51. The first-order chi connectivity index (χ1) is 8.33. The minimum absolute atomic E-state index is 0.241. The molecule has 1 aromatic carbocycles. The summed E-state index contributed by atoms with van der Waals surface area (Å²) in [7, 11) is 0. The monoisotopic (exact) mass is 250 g/mol. The molecule has 0 N–H and O–H groups in total. The summed E-state index contributed by atoms with van der Waals surface area (Å²) < 4.78 is 0. The van der Waals surface area contributed by atoms with Crippen molar-refractivity contribution in [2.75, 3.05) is 0 Å². The Bertz CT molecular complexity index is 345. The smallest absolute Gasteiger partial charge is 0.0616 e. The van der Waals surface area contributed by atoms with E-state index in [9.17, 15) is 0 Å². The number of aryl methyl sites for hydroxylation is 1. The second-order valence-electron chi connectivity index (χ2n) is 5.25. The molecule has 0 fully saturated rings. The van der Waals surface area contributed by atoms with Crippen LogP contribution >= 0.6 is 11.6 Å². The molecule has 0 nitrogen and oxygen atoms in total. The van der Waals surface area contributed by atoms with E-state index in [4.69, 9.17) is 11.6 Å². The van der Waals surface area contributed by atoms with E-state index < -0.39 is 0 Å². The summed E-state index contributed by atoms with van der Waals surface area (Å²) in [5, 5.41) is 0.241. The van der Waals surface area contributed by atoms with Gasteiger partial charge in [0.1, 0.15) is 0 Å². The third kappa shape index (κ3) is 3.25. The lowest BCUT2D eigenvalue weighted by Gasteiger charge is -2.21. The van der Waals surface area contributed by atoms with Crippen LogP contribution in [0.2, 0.25) is 0 Å². The Hall–Kier alpha value is -0.490. The first-order valence-corrected chi connectivity index (χ1v) is 7.48. The quantitative estimate of drug-likeness (QED) is 0.376. The highest BCUT2D eigenvalue weighted by Gasteiger charge is 2.25. The fraction of sp³-hybridized carbons (Fsp3) is 0.625. The molecule has 0 amide bonds. The average molecular weight is 251 g/mol. The van der Waals surface area contributed by atoms with Crippen LogP contribution in [0, 0.1) is 5.92 Å². The Balaban J connectivity index is 2.06. The number of rotatable bonds is 4. The number of halogens is 1. The van der Waals surface area contributed by atoms with E-state index in [1.54, 1.807) is 0 Å². The zero-order valence-electron chi connectivity index (χ0n) is 10.8. The van der Waals surface area contributed by atoms with Crippen LogP contribution in [0.15, 0.2) is 24.3 Å². The number of hydrogen-bond donors (Lipinski definition) is 0. The SMILES string of the molecule is CCCCCC1CCCc2ccccc2C1Cl. The summed E-state index contributed by atoms with van der Waals surface area (Å²) in [4.78, 5) is 0. The Kier molecular flexibility index (Phi) is 4.91. The Morgan fingerprint density at radius 3 is 2.88 bits per heavy atom. The van der Waals surface area contributed by atoms with Crippen LogP contribution in [-0.2, 0) is 6.42 Å². The molecule has 17 heavy (non-hydrogen) atoms. The van der Waals surface area contributed by atoms with Gasteiger partial charge in [0.2, 0.25) is 0 Å². The van der Waals surface area contributed by atoms with Gasteiger partial charge in [-0.05, 0) is 42.7 Å². The zero-order chi connectivity index (χ0) is 12.1. The zero-order valence-corrected chi connectivity index (χ0v) is 11.5. The summed E-state index contributed by atoms with van der Waals surface area (Å²) in [6.45, 7) is 2.26. The standard InChI is InChI=1S/C16H23Cl/c1-2-3-4-9-14-11-7-10-13-8-5-6-12-15(13)16(14)17/h5-6,8,12,14,16H,2-4,7,9-11H2,1H3. The second kappa shape index (κ2) is 6.44. The molecule has 2 unspecified atom stereocenters. The van der Waals surface area contributed by atoms with Gasteiger partial charge >= 0.3 is 0 Å².